The first-order valence-electron chi connectivity index (χ1n) is 5.53. The Labute approximate surface area is 104 Å². The van der Waals surface area contributed by atoms with Crippen molar-refractivity contribution in [3.05, 3.63) is 35.6 Å². The molecule has 0 N–H and O–H groups in total. The first-order valence-corrected chi connectivity index (χ1v) is 5.53. The minimum atomic E-state index is -0.808. The molecular formula is C13H11FN2O2. The summed E-state index contributed by atoms with van der Waals surface area (Å²) in [6.07, 6.45) is 1.72. The van der Waals surface area contributed by atoms with E-state index in [0.29, 0.717) is 24.8 Å². The maximum absolute atomic E-state index is 12.7. The molecule has 0 saturated heterocycles. The molecule has 0 aliphatic heterocycles. The molecule has 5 heteroatoms. The van der Waals surface area contributed by atoms with Crippen LogP contribution in [0.1, 0.15) is 23.2 Å². The fourth-order valence-corrected chi connectivity index (χ4v) is 1.75. The molecule has 4 nitrogen and oxygen atoms in total. The van der Waals surface area contributed by atoms with Crippen LogP contribution in [0, 0.1) is 17.1 Å². The van der Waals surface area contributed by atoms with Gasteiger partial charge in [-0.2, -0.15) is 5.26 Å². The quantitative estimate of drug-likeness (QED) is 0.584. The number of hydrogen-bond acceptors (Lipinski definition) is 3. The van der Waals surface area contributed by atoms with E-state index in [1.807, 2.05) is 0 Å². The molecule has 1 aromatic carbocycles. The zero-order chi connectivity index (χ0) is 13.2. The predicted octanol–water partition coefficient (Wildman–Crippen LogP) is 1.52. The third kappa shape index (κ3) is 2.23. The zero-order valence-electron chi connectivity index (χ0n) is 9.60. The van der Waals surface area contributed by atoms with E-state index in [-0.39, 0.29) is 12.3 Å². The summed E-state index contributed by atoms with van der Waals surface area (Å²) < 4.78 is 12.7. The fourth-order valence-electron chi connectivity index (χ4n) is 1.75. The second kappa shape index (κ2) is 4.57. The van der Waals surface area contributed by atoms with Crippen molar-refractivity contribution in [2.75, 3.05) is 6.54 Å². The van der Waals surface area contributed by atoms with Crippen LogP contribution in [0.15, 0.2) is 24.3 Å². The Morgan fingerprint density at radius 3 is 2.50 bits per heavy atom. The molecular weight excluding hydrogens is 235 g/mol. The smallest absolute Gasteiger partial charge is 0.211 e. The lowest BCUT2D eigenvalue weighted by Gasteiger charge is -2.21. The van der Waals surface area contributed by atoms with Gasteiger partial charge in [0.2, 0.25) is 6.41 Å². The average molecular weight is 246 g/mol. The molecule has 0 atom stereocenters. The minimum absolute atomic E-state index is 0.150. The highest BCUT2D eigenvalue weighted by atomic mass is 19.1. The number of carbonyl (C=O) groups is 2. The minimum Gasteiger partial charge on any atom is -0.319 e. The van der Waals surface area contributed by atoms with Crippen LogP contribution in [0.2, 0.25) is 0 Å². The van der Waals surface area contributed by atoms with Gasteiger partial charge in [-0.1, -0.05) is 0 Å². The van der Waals surface area contributed by atoms with E-state index >= 15 is 0 Å². The zero-order valence-corrected chi connectivity index (χ0v) is 9.60. The number of carbonyl (C=O) groups excluding carboxylic acids is 2. The van der Waals surface area contributed by atoms with Gasteiger partial charge in [0.05, 0.1) is 12.6 Å². The van der Waals surface area contributed by atoms with E-state index in [0.717, 1.165) is 0 Å². The SMILES string of the molecule is N#CC1(N(C=O)CC(=O)c2ccc(F)cc2)CC1. The molecule has 0 bridgehead atoms. The molecule has 0 radical (unpaired) electrons. The van der Waals surface area contributed by atoms with Gasteiger partial charge in [0.1, 0.15) is 11.4 Å². The summed E-state index contributed by atoms with van der Waals surface area (Å²) in [5, 5.41) is 8.97. The van der Waals surface area contributed by atoms with Crippen LogP contribution in [0.5, 0.6) is 0 Å². The van der Waals surface area contributed by atoms with E-state index < -0.39 is 11.4 Å². The monoisotopic (exact) mass is 246 g/mol. The standard InChI is InChI=1S/C13H11FN2O2/c14-11-3-1-10(2-4-11)12(18)7-16(9-17)13(8-15)5-6-13/h1-4,9H,5-7H2. The molecule has 1 fully saturated rings. The molecule has 1 saturated carbocycles. The number of rotatable bonds is 5. The van der Waals surface area contributed by atoms with Crippen LogP contribution in [0.4, 0.5) is 4.39 Å². The van der Waals surface area contributed by atoms with Crippen LogP contribution >= 0.6 is 0 Å². The summed E-state index contributed by atoms with van der Waals surface area (Å²) in [6.45, 7) is -0.150. The lowest BCUT2D eigenvalue weighted by Crippen LogP contribution is -2.39. The van der Waals surface area contributed by atoms with Gasteiger partial charge in [-0.05, 0) is 37.1 Å². The number of amides is 1. The van der Waals surface area contributed by atoms with Crippen molar-refractivity contribution in [1.82, 2.24) is 4.90 Å². The molecule has 1 aliphatic rings. The van der Waals surface area contributed by atoms with Gasteiger partial charge in [0.15, 0.2) is 5.78 Å². The summed E-state index contributed by atoms with van der Waals surface area (Å²) in [5.74, 6) is -0.724. The van der Waals surface area contributed by atoms with Crippen molar-refractivity contribution in [3.63, 3.8) is 0 Å². The van der Waals surface area contributed by atoms with Crippen LogP contribution in [0.3, 0.4) is 0 Å². The number of nitriles is 1. The Bertz CT molecular complexity index is 515. The van der Waals surface area contributed by atoms with Crippen molar-refractivity contribution in [2.24, 2.45) is 0 Å². The first-order chi connectivity index (χ1) is 8.61. The largest absolute Gasteiger partial charge is 0.319 e. The highest BCUT2D eigenvalue weighted by Gasteiger charge is 2.49. The Kier molecular flexibility index (Phi) is 3.11. The molecule has 1 aromatic rings. The van der Waals surface area contributed by atoms with Crippen molar-refractivity contribution < 1.29 is 14.0 Å². The van der Waals surface area contributed by atoms with Gasteiger partial charge in [-0.3, -0.25) is 9.59 Å². The first kappa shape index (κ1) is 12.2. The number of hydrogen-bond donors (Lipinski definition) is 0. The predicted molar refractivity (Wildman–Crippen MR) is 61.1 cm³/mol. The lowest BCUT2D eigenvalue weighted by atomic mass is 10.1. The Balaban J connectivity index is 2.09. The van der Waals surface area contributed by atoms with E-state index in [1.165, 1.54) is 29.2 Å². The Hall–Kier alpha value is -2.22. The van der Waals surface area contributed by atoms with Crippen LogP contribution in [-0.4, -0.2) is 29.2 Å². The second-order valence-electron chi connectivity index (χ2n) is 4.31. The summed E-state index contributed by atoms with van der Waals surface area (Å²) in [6, 6.07) is 7.17. The highest BCUT2D eigenvalue weighted by molar-refractivity contribution is 5.98. The number of Topliss-reactive ketones (excluding diaryl/α,β-unsaturated/α-hetero) is 1. The van der Waals surface area contributed by atoms with Gasteiger partial charge in [-0.25, -0.2) is 4.39 Å². The Morgan fingerprint density at radius 1 is 1.44 bits per heavy atom. The molecule has 0 spiro atoms. The molecule has 92 valence electrons. The van der Waals surface area contributed by atoms with Gasteiger partial charge in [0.25, 0.3) is 0 Å². The highest BCUT2D eigenvalue weighted by Crippen LogP contribution is 2.40. The summed E-state index contributed by atoms with van der Waals surface area (Å²) in [4.78, 5) is 24.0. The molecule has 2 rings (SSSR count). The molecule has 0 aromatic heterocycles. The summed E-state index contributed by atoms with van der Waals surface area (Å²) >= 11 is 0. The van der Waals surface area contributed by atoms with E-state index in [1.54, 1.807) is 0 Å². The molecule has 1 aliphatic carbocycles. The molecule has 0 unspecified atom stereocenters. The van der Waals surface area contributed by atoms with Crippen molar-refractivity contribution in [3.8, 4) is 6.07 Å². The third-order valence-electron chi connectivity index (χ3n) is 3.09. The van der Waals surface area contributed by atoms with Gasteiger partial charge >= 0.3 is 0 Å². The summed E-state index contributed by atoms with van der Waals surface area (Å²) in [5.41, 5.74) is -0.478. The van der Waals surface area contributed by atoms with Gasteiger partial charge in [0, 0.05) is 5.56 Å². The van der Waals surface area contributed by atoms with Gasteiger partial charge < -0.3 is 4.90 Å². The van der Waals surface area contributed by atoms with Crippen molar-refractivity contribution in [2.45, 2.75) is 18.4 Å². The maximum atomic E-state index is 12.7. The molecule has 18 heavy (non-hydrogen) atoms. The van der Waals surface area contributed by atoms with E-state index in [9.17, 15) is 14.0 Å². The summed E-state index contributed by atoms with van der Waals surface area (Å²) in [7, 11) is 0. The average Bonchev–Trinajstić information content (AvgIpc) is 3.17. The van der Waals surface area contributed by atoms with E-state index in [4.69, 9.17) is 5.26 Å². The van der Waals surface area contributed by atoms with Crippen LogP contribution < -0.4 is 0 Å². The number of halogens is 1. The van der Waals surface area contributed by atoms with Gasteiger partial charge in [-0.15, -0.1) is 0 Å². The van der Waals surface area contributed by atoms with Crippen LogP contribution in [0.25, 0.3) is 0 Å². The second-order valence-corrected chi connectivity index (χ2v) is 4.31. The topological polar surface area (TPSA) is 61.2 Å². The number of ketones is 1. The molecule has 0 heterocycles. The lowest BCUT2D eigenvalue weighted by molar-refractivity contribution is -0.119. The van der Waals surface area contributed by atoms with Crippen molar-refractivity contribution in [1.29, 1.82) is 5.26 Å². The molecule has 1 amide bonds. The number of nitrogens with zero attached hydrogens (tertiary/aromatic N) is 2. The Morgan fingerprint density at radius 2 is 2.06 bits per heavy atom. The third-order valence-corrected chi connectivity index (χ3v) is 3.09. The normalized spacial score (nSPS) is 15.6. The fraction of sp³-hybridized carbons (Fsp3) is 0.308. The van der Waals surface area contributed by atoms with Crippen LogP contribution in [-0.2, 0) is 4.79 Å². The number of benzene rings is 1. The maximum Gasteiger partial charge on any atom is 0.211 e. The van der Waals surface area contributed by atoms with E-state index in [2.05, 4.69) is 6.07 Å². The van der Waals surface area contributed by atoms with Crippen molar-refractivity contribution >= 4 is 12.2 Å².